The summed E-state index contributed by atoms with van der Waals surface area (Å²) in [5.41, 5.74) is -0.459. The van der Waals surface area contributed by atoms with Crippen molar-refractivity contribution < 1.29 is 5.11 Å². The normalized spacial score (nSPS) is 42.6. The molecule has 0 aromatic carbocycles. The van der Waals surface area contributed by atoms with Gasteiger partial charge >= 0.3 is 0 Å². The first kappa shape index (κ1) is 9.79. The summed E-state index contributed by atoms with van der Waals surface area (Å²) in [5.74, 6) is 1.08. The third-order valence-corrected chi connectivity index (χ3v) is 3.47. The van der Waals surface area contributed by atoms with Crippen LogP contribution in [0.15, 0.2) is 12.7 Å². The summed E-state index contributed by atoms with van der Waals surface area (Å²) in [5, 5.41) is 10.2. The molecule has 1 nitrogen and oxygen atoms in total. The Hall–Kier alpha value is -0.300. The lowest BCUT2D eigenvalue weighted by molar-refractivity contribution is -0.0599. The largest absolute Gasteiger partial charge is 0.389 e. The van der Waals surface area contributed by atoms with Crippen LogP contribution in [0.3, 0.4) is 0 Å². The van der Waals surface area contributed by atoms with E-state index >= 15 is 0 Å². The first-order valence-electron chi connectivity index (χ1n) is 4.93. The second-order valence-electron chi connectivity index (χ2n) is 4.25. The zero-order valence-corrected chi connectivity index (χ0v) is 8.21. The Bertz CT molecular complexity index is 164. The molecule has 1 saturated carbocycles. The van der Waals surface area contributed by atoms with Crippen molar-refractivity contribution in [1.29, 1.82) is 0 Å². The van der Waals surface area contributed by atoms with Crippen molar-refractivity contribution in [3.63, 3.8) is 0 Å². The van der Waals surface area contributed by atoms with E-state index < -0.39 is 5.60 Å². The van der Waals surface area contributed by atoms with Crippen molar-refractivity contribution in [2.45, 2.75) is 45.1 Å². The van der Waals surface area contributed by atoms with E-state index in [2.05, 4.69) is 20.4 Å². The molecular formula is C11H20O. The van der Waals surface area contributed by atoms with E-state index in [1.165, 1.54) is 6.42 Å². The van der Waals surface area contributed by atoms with Gasteiger partial charge in [-0.15, -0.1) is 6.58 Å². The molecule has 1 aliphatic rings. The second kappa shape index (κ2) is 3.61. The van der Waals surface area contributed by atoms with Gasteiger partial charge in [0, 0.05) is 0 Å². The van der Waals surface area contributed by atoms with Crippen LogP contribution >= 0.6 is 0 Å². The van der Waals surface area contributed by atoms with Gasteiger partial charge in [0.05, 0.1) is 5.60 Å². The van der Waals surface area contributed by atoms with Gasteiger partial charge in [-0.05, 0) is 24.7 Å². The van der Waals surface area contributed by atoms with Crippen molar-refractivity contribution in [2.75, 3.05) is 0 Å². The van der Waals surface area contributed by atoms with E-state index in [0.29, 0.717) is 11.8 Å². The zero-order chi connectivity index (χ0) is 9.19. The first-order chi connectivity index (χ1) is 5.60. The highest BCUT2D eigenvalue weighted by atomic mass is 16.3. The van der Waals surface area contributed by atoms with Crippen LogP contribution in [-0.2, 0) is 0 Å². The lowest BCUT2D eigenvalue weighted by Gasteiger charge is -2.41. The van der Waals surface area contributed by atoms with Gasteiger partial charge in [0.15, 0.2) is 0 Å². The Morgan fingerprint density at radius 1 is 1.58 bits per heavy atom. The topological polar surface area (TPSA) is 20.2 Å². The summed E-state index contributed by atoms with van der Waals surface area (Å²) in [6.07, 6.45) is 5.97. The van der Waals surface area contributed by atoms with Crippen molar-refractivity contribution >= 4 is 0 Å². The molecule has 0 aromatic heterocycles. The molecular weight excluding hydrogens is 148 g/mol. The van der Waals surface area contributed by atoms with Crippen molar-refractivity contribution in [2.24, 2.45) is 11.8 Å². The summed E-state index contributed by atoms with van der Waals surface area (Å²) in [6.45, 7) is 8.09. The molecule has 0 bridgehead atoms. The van der Waals surface area contributed by atoms with Crippen LogP contribution in [0, 0.1) is 11.8 Å². The quantitative estimate of drug-likeness (QED) is 0.629. The lowest BCUT2D eigenvalue weighted by Crippen LogP contribution is -2.42. The molecule has 0 aliphatic heterocycles. The van der Waals surface area contributed by atoms with Gasteiger partial charge in [-0.3, -0.25) is 0 Å². The molecule has 0 aromatic rings. The maximum absolute atomic E-state index is 10.2. The minimum Gasteiger partial charge on any atom is -0.389 e. The Morgan fingerprint density at radius 3 is 2.83 bits per heavy atom. The summed E-state index contributed by atoms with van der Waals surface area (Å²) < 4.78 is 0. The van der Waals surface area contributed by atoms with Crippen molar-refractivity contribution in [3.05, 3.63) is 12.7 Å². The van der Waals surface area contributed by atoms with E-state index in [-0.39, 0.29) is 0 Å². The monoisotopic (exact) mass is 168 g/mol. The molecule has 0 radical (unpaired) electrons. The van der Waals surface area contributed by atoms with Gasteiger partial charge < -0.3 is 5.11 Å². The van der Waals surface area contributed by atoms with E-state index in [9.17, 15) is 5.11 Å². The van der Waals surface area contributed by atoms with Gasteiger partial charge in [-0.2, -0.15) is 0 Å². The highest BCUT2D eigenvalue weighted by molar-refractivity contribution is 4.94. The van der Waals surface area contributed by atoms with E-state index in [4.69, 9.17) is 0 Å². The Balaban J connectivity index is 2.66. The third kappa shape index (κ3) is 1.71. The van der Waals surface area contributed by atoms with E-state index in [1.807, 2.05) is 6.08 Å². The van der Waals surface area contributed by atoms with Crippen molar-refractivity contribution in [3.8, 4) is 0 Å². The first-order valence-corrected chi connectivity index (χ1v) is 4.93. The zero-order valence-electron chi connectivity index (χ0n) is 8.21. The molecule has 1 rings (SSSR count). The second-order valence-corrected chi connectivity index (χ2v) is 4.25. The molecule has 3 atom stereocenters. The Kier molecular flexibility index (Phi) is 2.94. The fourth-order valence-corrected chi connectivity index (χ4v) is 2.28. The van der Waals surface area contributed by atoms with E-state index in [1.54, 1.807) is 0 Å². The smallest absolute Gasteiger partial charge is 0.0709 e. The average molecular weight is 168 g/mol. The molecule has 1 aliphatic carbocycles. The number of aliphatic hydroxyl groups is 1. The van der Waals surface area contributed by atoms with Gasteiger partial charge in [-0.25, -0.2) is 0 Å². The maximum Gasteiger partial charge on any atom is 0.0709 e. The third-order valence-electron chi connectivity index (χ3n) is 3.47. The molecule has 0 spiro atoms. The van der Waals surface area contributed by atoms with Crippen molar-refractivity contribution in [1.82, 2.24) is 0 Å². The van der Waals surface area contributed by atoms with E-state index in [0.717, 1.165) is 19.3 Å². The molecule has 0 heterocycles. The minimum absolute atomic E-state index is 0.421. The van der Waals surface area contributed by atoms with Gasteiger partial charge in [-0.1, -0.05) is 32.8 Å². The molecule has 3 unspecified atom stereocenters. The summed E-state index contributed by atoms with van der Waals surface area (Å²) >= 11 is 0. The van der Waals surface area contributed by atoms with Crippen LogP contribution in [0.2, 0.25) is 0 Å². The van der Waals surface area contributed by atoms with Crippen LogP contribution < -0.4 is 0 Å². The van der Waals surface area contributed by atoms with Crippen LogP contribution in [0.25, 0.3) is 0 Å². The Labute approximate surface area is 75.5 Å². The average Bonchev–Trinajstić information content (AvgIpc) is 2.01. The fraction of sp³-hybridized carbons (Fsp3) is 0.818. The summed E-state index contributed by atoms with van der Waals surface area (Å²) in [6, 6.07) is 0. The van der Waals surface area contributed by atoms with Gasteiger partial charge in [0.25, 0.3) is 0 Å². The predicted octanol–water partition coefficient (Wildman–Crippen LogP) is 2.75. The molecule has 1 N–H and O–H groups in total. The lowest BCUT2D eigenvalue weighted by atomic mass is 9.69. The van der Waals surface area contributed by atoms with Crippen LogP contribution in [0.5, 0.6) is 0 Å². The maximum atomic E-state index is 10.2. The number of rotatable bonds is 2. The molecule has 1 fully saturated rings. The predicted molar refractivity (Wildman–Crippen MR) is 51.9 cm³/mol. The number of hydrogen-bond acceptors (Lipinski definition) is 1. The van der Waals surface area contributed by atoms with Crippen LogP contribution in [-0.4, -0.2) is 10.7 Å². The SMILES string of the molecule is C=CCC1(O)CCCC(C)C1C. The van der Waals surface area contributed by atoms with Gasteiger partial charge in [0.1, 0.15) is 0 Å². The molecule has 0 saturated heterocycles. The van der Waals surface area contributed by atoms with Crippen LogP contribution in [0.1, 0.15) is 39.5 Å². The number of hydrogen-bond donors (Lipinski definition) is 1. The summed E-state index contributed by atoms with van der Waals surface area (Å²) in [7, 11) is 0. The van der Waals surface area contributed by atoms with Gasteiger partial charge in [0.2, 0.25) is 0 Å². The molecule has 1 heteroatoms. The highest BCUT2D eigenvalue weighted by Crippen LogP contribution is 2.39. The highest BCUT2D eigenvalue weighted by Gasteiger charge is 2.38. The molecule has 12 heavy (non-hydrogen) atoms. The molecule has 0 amide bonds. The standard InChI is InChI=1S/C11H20O/c1-4-7-11(12)8-5-6-9(2)10(11)3/h4,9-10,12H,1,5-8H2,2-3H3. The molecule has 70 valence electrons. The van der Waals surface area contributed by atoms with Crippen LogP contribution in [0.4, 0.5) is 0 Å². The Morgan fingerprint density at radius 2 is 2.25 bits per heavy atom. The minimum atomic E-state index is -0.459. The summed E-state index contributed by atoms with van der Waals surface area (Å²) in [4.78, 5) is 0. The fourth-order valence-electron chi connectivity index (χ4n) is 2.28.